The first-order valence-corrected chi connectivity index (χ1v) is 5.30. The Morgan fingerprint density at radius 3 is 2.00 bits per heavy atom. The van der Waals surface area contributed by atoms with Gasteiger partial charge in [0.05, 0.1) is 6.61 Å². The summed E-state index contributed by atoms with van der Waals surface area (Å²) in [6.07, 6.45) is -8.40. The number of rotatable bonds is 7. The number of carbonyl (C=O) groups is 1. The van der Waals surface area contributed by atoms with Gasteiger partial charge in [-0.05, 0) is 0 Å². The molecule has 0 aromatic carbocycles. The van der Waals surface area contributed by atoms with Crippen molar-refractivity contribution in [1.82, 2.24) is 0 Å². The Labute approximate surface area is 119 Å². The maximum atomic E-state index is 10.3. The molecule has 0 saturated carbocycles. The standard InChI is InChI=1S/C6H12O9S.Na/c7-1-3(9)5(10)6(11)4(2-8)15-16(12,13)14;/h2-7,9-11H,1H2,(H,12,13,14);/q;+1/p-1/t3-,4+,5-,6-;/m1./s1. The zero-order valence-corrected chi connectivity index (χ0v) is 11.6. The van der Waals surface area contributed by atoms with E-state index in [2.05, 4.69) is 4.18 Å². The molecule has 4 N–H and O–H groups in total. The van der Waals surface area contributed by atoms with Crippen LogP contribution in [-0.4, -0.2) is 70.7 Å². The van der Waals surface area contributed by atoms with Crippen LogP contribution in [0.1, 0.15) is 0 Å². The molecule has 0 bridgehead atoms. The van der Waals surface area contributed by atoms with E-state index in [1.807, 2.05) is 0 Å². The third-order valence-corrected chi connectivity index (χ3v) is 2.09. The van der Waals surface area contributed by atoms with Crippen molar-refractivity contribution in [2.75, 3.05) is 6.61 Å². The maximum absolute atomic E-state index is 10.3. The van der Waals surface area contributed by atoms with Gasteiger partial charge in [-0.2, -0.15) is 0 Å². The van der Waals surface area contributed by atoms with Gasteiger partial charge in [-0.1, -0.05) is 0 Å². The summed E-state index contributed by atoms with van der Waals surface area (Å²) in [5.74, 6) is 0. The van der Waals surface area contributed by atoms with Gasteiger partial charge in [-0.25, -0.2) is 8.42 Å². The Balaban J connectivity index is 0. The molecular formula is C6H11NaO9S. The quantitative estimate of drug-likeness (QED) is 0.154. The van der Waals surface area contributed by atoms with Crippen LogP contribution in [0.2, 0.25) is 0 Å². The van der Waals surface area contributed by atoms with Crippen LogP contribution < -0.4 is 29.6 Å². The molecule has 0 fully saturated rings. The second-order valence-electron chi connectivity index (χ2n) is 2.84. The molecule has 0 saturated heterocycles. The fraction of sp³-hybridized carbons (Fsp3) is 0.833. The van der Waals surface area contributed by atoms with Crippen molar-refractivity contribution in [3.8, 4) is 0 Å². The van der Waals surface area contributed by atoms with Crippen LogP contribution in [-0.2, 0) is 19.4 Å². The van der Waals surface area contributed by atoms with Crippen LogP contribution in [0.25, 0.3) is 0 Å². The summed E-state index contributed by atoms with van der Waals surface area (Å²) < 4.78 is 34.0. The third-order valence-electron chi connectivity index (χ3n) is 1.63. The van der Waals surface area contributed by atoms with E-state index in [4.69, 9.17) is 20.4 Å². The molecule has 0 aromatic heterocycles. The Morgan fingerprint density at radius 1 is 1.24 bits per heavy atom. The Hall–Kier alpha value is 0.380. The van der Waals surface area contributed by atoms with Crippen molar-refractivity contribution < 1.29 is 71.9 Å². The maximum Gasteiger partial charge on any atom is 1.00 e. The molecule has 0 aliphatic heterocycles. The minimum Gasteiger partial charge on any atom is -0.726 e. The Bertz CT molecular complexity index is 317. The van der Waals surface area contributed by atoms with Crippen molar-refractivity contribution in [2.45, 2.75) is 24.4 Å². The molecule has 9 nitrogen and oxygen atoms in total. The van der Waals surface area contributed by atoms with Crippen molar-refractivity contribution in [3.63, 3.8) is 0 Å². The van der Waals surface area contributed by atoms with Crippen molar-refractivity contribution in [2.24, 2.45) is 0 Å². The average molecular weight is 282 g/mol. The van der Waals surface area contributed by atoms with Gasteiger partial charge in [0, 0.05) is 0 Å². The molecule has 0 aliphatic rings. The molecule has 0 spiro atoms. The van der Waals surface area contributed by atoms with E-state index in [9.17, 15) is 17.8 Å². The van der Waals surface area contributed by atoms with Gasteiger partial charge in [0.2, 0.25) is 10.4 Å². The van der Waals surface area contributed by atoms with Crippen molar-refractivity contribution in [1.29, 1.82) is 0 Å². The first-order valence-electron chi connectivity index (χ1n) is 3.97. The van der Waals surface area contributed by atoms with Gasteiger partial charge < -0.3 is 29.8 Å². The number of aldehydes is 1. The van der Waals surface area contributed by atoms with Gasteiger partial charge in [-0.3, -0.25) is 4.18 Å². The topological polar surface area (TPSA) is 164 Å². The first-order chi connectivity index (χ1) is 7.22. The van der Waals surface area contributed by atoms with Crippen LogP contribution in [0.3, 0.4) is 0 Å². The van der Waals surface area contributed by atoms with Gasteiger partial charge >= 0.3 is 29.6 Å². The summed E-state index contributed by atoms with van der Waals surface area (Å²) >= 11 is 0. The third kappa shape index (κ3) is 7.41. The molecule has 11 heteroatoms. The van der Waals surface area contributed by atoms with Crippen molar-refractivity contribution in [3.05, 3.63) is 0 Å². The Kier molecular flexibility index (Phi) is 9.83. The minimum absolute atomic E-state index is 0. The average Bonchev–Trinajstić information content (AvgIpc) is 2.21. The number of aliphatic hydroxyl groups excluding tert-OH is 4. The molecule has 0 radical (unpaired) electrons. The molecule has 96 valence electrons. The number of hydrogen-bond donors (Lipinski definition) is 4. The zero-order chi connectivity index (χ0) is 12.9. The van der Waals surface area contributed by atoms with Gasteiger partial charge in [-0.15, -0.1) is 0 Å². The van der Waals surface area contributed by atoms with Crippen LogP contribution >= 0.6 is 0 Å². The van der Waals surface area contributed by atoms with E-state index in [-0.39, 0.29) is 35.8 Å². The van der Waals surface area contributed by atoms with Crippen molar-refractivity contribution >= 4 is 16.7 Å². The largest absolute Gasteiger partial charge is 1.00 e. The summed E-state index contributed by atoms with van der Waals surface area (Å²) in [5, 5.41) is 35.5. The molecule has 0 unspecified atom stereocenters. The fourth-order valence-electron chi connectivity index (χ4n) is 0.826. The summed E-state index contributed by atoms with van der Waals surface area (Å²) in [5.41, 5.74) is 0. The van der Waals surface area contributed by atoms with Crippen LogP contribution in [0.5, 0.6) is 0 Å². The second kappa shape index (κ2) is 8.48. The van der Waals surface area contributed by atoms with E-state index in [1.165, 1.54) is 0 Å². The van der Waals surface area contributed by atoms with Crippen LogP contribution in [0, 0.1) is 0 Å². The predicted molar refractivity (Wildman–Crippen MR) is 45.7 cm³/mol. The van der Waals surface area contributed by atoms with E-state index in [1.54, 1.807) is 0 Å². The summed E-state index contributed by atoms with van der Waals surface area (Å²) in [4.78, 5) is 10.3. The molecule has 0 aromatic rings. The zero-order valence-electron chi connectivity index (χ0n) is 8.83. The SMILES string of the molecule is O=C[C@H](OS(=O)(=O)[O-])[C@@H](O)[C@H](O)[C@H](O)CO.[Na+]. The number of carbonyl (C=O) groups excluding carboxylic acids is 1. The van der Waals surface area contributed by atoms with E-state index >= 15 is 0 Å². The molecular weight excluding hydrogens is 271 g/mol. The fourth-order valence-corrected chi connectivity index (χ4v) is 1.26. The molecule has 17 heavy (non-hydrogen) atoms. The monoisotopic (exact) mass is 282 g/mol. The van der Waals surface area contributed by atoms with E-state index < -0.39 is 41.4 Å². The summed E-state index contributed by atoms with van der Waals surface area (Å²) in [6.45, 7) is -0.937. The Morgan fingerprint density at radius 2 is 1.71 bits per heavy atom. The molecule has 0 aliphatic carbocycles. The molecule has 0 heterocycles. The molecule has 0 amide bonds. The number of hydrogen-bond acceptors (Lipinski definition) is 9. The summed E-state index contributed by atoms with van der Waals surface area (Å²) in [7, 11) is -5.24. The molecule has 4 atom stereocenters. The van der Waals surface area contributed by atoms with Gasteiger partial charge in [0.1, 0.15) is 18.3 Å². The minimum atomic E-state index is -5.24. The van der Waals surface area contributed by atoms with Gasteiger partial charge in [0.25, 0.3) is 0 Å². The normalized spacial score (nSPS) is 18.6. The van der Waals surface area contributed by atoms with Gasteiger partial charge in [0.15, 0.2) is 12.4 Å². The molecule has 0 rings (SSSR count). The predicted octanol–water partition coefficient (Wildman–Crippen LogP) is -6.89. The smallest absolute Gasteiger partial charge is 0.726 e. The van der Waals surface area contributed by atoms with E-state index in [0.717, 1.165) is 0 Å². The van der Waals surface area contributed by atoms with E-state index in [0.29, 0.717) is 0 Å². The van der Waals surface area contributed by atoms with Crippen LogP contribution in [0.4, 0.5) is 0 Å². The second-order valence-corrected chi connectivity index (χ2v) is 3.85. The first kappa shape index (κ1) is 19.7. The summed E-state index contributed by atoms with van der Waals surface area (Å²) in [6, 6.07) is 0. The number of aliphatic hydroxyl groups is 4. The van der Waals surface area contributed by atoms with Crippen LogP contribution in [0.15, 0.2) is 0 Å².